The molecule has 0 aromatic heterocycles. The van der Waals surface area contributed by atoms with E-state index >= 15 is 8.78 Å². The molecular formula is C66H92F4N10O24S2. The fourth-order valence-electron chi connectivity index (χ4n) is 8.17. The highest BCUT2D eigenvalue weighted by molar-refractivity contribution is 7.89. The van der Waals surface area contributed by atoms with Gasteiger partial charge in [0.1, 0.15) is 11.5 Å². The zero-order valence-corrected chi connectivity index (χ0v) is 60.1. The molecule has 0 bridgehead atoms. The number of nitrogens with zero attached hydrogens (tertiary/aromatic N) is 2. The summed E-state index contributed by atoms with van der Waals surface area (Å²) in [6.45, 7) is 7.94. The van der Waals surface area contributed by atoms with Crippen molar-refractivity contribution in [3.63, 3.8) is 0 Å². The van der Waals surface area contributed by atoms with Gasteiger partial charge in [-0.2, -0.15) is 9.98 Å². The normalized spacial score (nSPS) is 12.5. The van der Waals surface area contributed by atoms with E-state index in [1.165, 1.54) is 62.4 Å². The average molecular weight is 1550 g/mol. The highest BCUT2D eigenvalue weighted by Crippen LogP contribution is 2.33. The molecule has 590 valence electrons. The van der Waals surface area contributed by atoms with Crippen LogP contribution in [-0.2, 0) is 96.1 Å². The van der Waals surface area contributed by atoms with Crippen molar-refractivity contribution in [1.82, 2.24) is 20.1 Å². The largest absolute Gasteiger partial charge is 0.451 e. The molecule has 0 heterocycles. The summed E-state index contributed by atoms with van der Waals surface area (Å²) in [5.41, 5.74) is 20.4. The number of nitrogens with two attached hydrogens (primary N) is 4. The highest BCUT2D eigenvalue weighted by Gasteiger charge is 2.30. The van der Waals surface area contributed by atoms with Crippen molar-refractivity contribution in [2.75, 3.05) is 185 Å². The molecule has 0 radical (unpaired) electrons. The fourth-order valence-corrected chi connectivity index (χ4v) is 10.2. The van der Waals surface area contributed by atoms with Crippen molar-refractivity contribution in [2.45, 2.75) is 35.8 Å². The van der Waals surface area contributed by atoms with E-state index in [9.17, 15) is 55.0 Å². The lowest BCUT2D eigenvalue weighted by Crippen LogP contribution is -2.50. The van der Waals surface area contributed by atoms with Crippen LogP contribution >= 0.6 is 0 Å². The molecule has 0 aliphatic rings. The Kier molecular flexibility index (Phi) is 43.5. The molecule has 34 nitrogen and oxygen atoms in total. The number of hydrogen-bond acceptors (Lipinski definition) is 24. The maximum absolute atomic E-state index is 15.2. The van der Waals surface area contributed by atoms with Crippen LogP contribution < -0.4 is 52.5 Å². The van der Waals surface area contributed by atoms with Gasteiger partial charge < -0.3 is 110 Å². The van der Waals surface area contributed by atoms with Crippen LogP contribution in [0.2, 0.25) is 0 Å². The standard InChI is InChI=1S/C66H92F4N10O24S2/c1-45(61(83)79-65(71)72)43-47-3-13-53(67)59(55(47)69)103-49-5-9-51(10-6-49)105(87,88)77-17-21-93-25-29-97-33-37-101-41-39-99-35-31-95-27-23-91-19-15-75-63(85)57(81)58(82)64(86)76-16-20-92-24-28-96-32-36-100-40-42-102-38-34-98-30-26-94-22-18-78-106(89,90)52-11-7-50(8-12-52)104-60-54(68)14-4-48(56(60)70)44-46(2)62(84)80-66(73)74/h3-14,43-44,57-58,77-78,81-82H,15-42H2,1-2H3,(H,75,85)(H,76,86)(H4,71,72,79,83)(H4,73,74,80,84). The van der Waals surface area contributed by atoms with Gasteiger partial charge in [0.25, 0.3) is 23.6 Å². The minimum Gasteiger partial charge on any atom is -0.451 e. The predicted octanol–water partition coefficient (Wildman–Crippen LogP) is 0.644. The SMILES string of the molecule is CC(=Cc1ccc(F)c(Oc2ccc(S(=O)(=O)NCCOCCOCCOCCOCCOCCOCCNC(=O)C(O)C(O)C(=O)NCCOCCOCCOCCOCCOCCOCCNS(=O)(=O)c3ccc(Oc4c(F)ccc(C=C(C)C(=O)N=C(N)N)c4F)cc3)cc2)c1F)C(=O)N=C(N)N. The van der Waals surface area contributed by atoms with E-state index in [1.54, 1.807) is 0 Å². The molecule has 4 rings (SSSR count). The van der Waals surface area contributed by atoms with E-state index < -0.39 is 103 Å². The number of carbonyl (C=O) groups excluding carboxylic acids is 4. The predicted molar refractivity (Wildman–Crippen MR) is 373 cm³/mol. The number of ether oxygens (including phenoxy) is 14. The Hall–Kier alpha value is -8.24. The third-order valence-corrected chi connectivity index (χ3v) is 16.4. The number of rotatable bonds is 57. The van der Waals surface area contributed by atoms with Crippen LogP contribution in [0.5, 0.6) is 23.0 Å². The summed E-state index contributed by atoms with van der Waals surface area (Å²) in [6, 6.07) is 13.7. The van der Waals surface area contributed by atoms with Gasteiger partial charge in [-0.25, -0.2) is 43.8 Å². The summed E-state index contributed by atoms with van der Waals surface area (Å²) in [4.78, 5) is 55.0. The second kappa shape index (κ2) is 51.1. The number of sulfonamides is 2. The van der Waals surface area contributed by atoms with Crippen LogP contribution in [0.25, 0.3) is 12.2 Å². The van der Waals surface area contributed by atoms with E-state index in [0.29, 0.717) is 52.9 Å². The summed E-state index contributed by atoms with van der Waals surface area (Å²) in [6.07, 6.45) is -1.83. The van der Waals surface area contributed by atoms with Crippen LogP contribution in [0.3, 0.4) is 0 Å². The minimum absolute atomic E-state index is 0.0130. The van der Waals surface area contributed by atoms with Gasteiger partial charge in [0.05, 0.1) is 168 Å². The Morgan fingerprint density at radius 2 is 0.642 bits per heavy atom. The smallest absolute Gasteiger partial charge is 0.275 e. The average Bonchev–Trinajstić information content (AvgIpc) is 0.816. The second-order valence-corrected chi connectivity index (χ2v) is 25.2. The number of aliphatic hydroxyl groups is 2. The van der Waals surface area contributed by atoms with Crippen LogP contribution in [-0.4, -0.2) is 260 Å². The highest BCUT2D eigenvalue weighted by atomic mass is 32.2. The quantitative estimate of drug-likeness (QED) is 0.00953. The first-order chi connectivity index (χ1) is 50.8. The van der Waals surface area contributed by atoms with Crippen molar-refractivity contribution in [3.05, 3.63) is 118 Å². The van der Waals surface area contributed by atoms with Crippen LogP contribution in [0.15, 0.2) is 104 Å². The summed E-state index contributed by atoms with van der Waals surface area (Å²) >= 11 is 0. The van der Waals surface area contributed by atoms with Crippen molar-refractivity contribution in [3.8, 4) is 23.0 Å². The number of guanidine groups is 2. The number of hydrogen-bond donors (Lipinski definition) is 10. The summed E-state index contributed by atoms with van der Waals surface area (Å²) in [5.74, 6) is -10.6. The van der Waals surface area contributed by atoms with Crippen molar-refractivity contribution in [1.29, 1.82) is 0 Å². The number of halogens is 4. The number of aliphatic imine (C=N–C) groups is 2. The molecule has 40 heteroatoms. The first-order valence-corrected chi connectivity index (χ1v) is 35.8. The molecule has 106 heavy (non-hydrogen) atoms. The third kappa shape index (κ3) is 36.4. The zero-order chi connectivity index (χ0) is 77.5. The lowest BCUT2D eigenvalue weighted by molar-refractivity contribution is -0.146. The third-order valence-electron chi connectivity index (χ3n) is 13.5. The van der Waals surface area contributed by atoms with E-state index in [0.717, 1.165) is 36.4 Å². The van der Waals surface area contributed by atoms with Gasteiger partial charge in [0.2, 0.25) is 20.0 Å². The summed E-state index contributed by atoms with van der Waals surface area (Å²) < 4.78 is 191. The molecule has 0 saturated carbocycles. The summed E-state index contributed by atoms with van der Waals surface area (Å²) in [5, 5.41) is 25.0. The number of carbonyl (C=O) groups is 4. The lowest BCUT2D eigenvalue weighted by Gasteiger charge is -2.17. The molecule has 0 aliphatic carbocycles. The Bertz CT molecular complexity index is 3460. The first kappa shape index (κ1) is 90.2. The molecule has 0 spiro atoms. The topological polar surface area (TPSA) is 483 Å². The molecule has 14 N–H and O–H groups in total. The molecule has 4 amide bonds. The first-order valence-electron chi connectivity index (χ1n) is 32.8. The number of amides is 4. The van der Waals surface area contributed by atoms with E-state index in [1.807, 2.05) is 0 Å². The Morgan fingerprint density at radius 1 is 0.396 bits per heavy atom. The molecule has 2 atom stereocenters. The van der Waals surface area contributed by atoms with Gasteiger partial charge in [0.15, 0.2) is 58.9 Å². The van der Waals surface area contributed by atoms with Crippen molar-refractivity contribution in [2.24, 2.45) is 32.9 Å². The van der Waals surface area contributed by atoms with Gasteiger partial charge in [-0.1, -0.05) is 0 Å². The molecule has 4 aromatic carbocycles. The molecule has 0 saturated heterocycles. The maximum Gasteiger partial charge on any atom is 0.275 e. The van der Waals surface area contributed by atoms with Gasteiger partial charge in [-0.15, -0.1) is 0 Å². The van der Waals surface area contributed by atoms with Crippen molar-refractivity contribution >= 4 is 67.7 Å². The lowest BCUT2D eigenvalue weighted by atomic mass is 10.1. The van der Waals surface area contributed by atoms with E-state index in [4.69, 9.17) is 89.3 Å². The Balaban J connectivity index is 0.850. The molecule has 4 aromatic rings. The van der Waals surface area contributed by atoms with E-state index in [2.05, 4.69) is 30.1 Å². The minimum atomic E-state index is -3.97. The van der Waals surface area contributed by atoms with Gasteiger partial charge in [-0.05, 0) is 98.8 Å². The van der Waals surface area contributed by atoms with Gasteiger partial charge in [-0.3, -0.25) is 19.2 Å². The van der Waals surface area contributed by atoms with Gasteiger partial charge in [0, 0.05) is 48.5 Å². The molecular weight excluding hydrogens is 1460 g/mol. The molecule has 0 aliphatic heterocycles. The zero-order valence-electron chi connectivity index (χ0n) is 58.4. The molecule has 0 fully saturated rings. The Morgan fingerprint density at radius 3 is 0.896 bits per heavy atom. The molecule has 2 unspecified atom stereocenters. The van der Waals surface area contributed by atoms with Gasteiger partial charge >= 0.3 is 0 Å². The van der Waals surface area contributed by atoms with E-state index in [-0.39, 0.29) is 175 Å². The maximum atomic E-state index is 15.2. The summed E-state index contributed by atoms with van der Waals surface area (Å²) in [7, 11) is -7.95. The fraction of sp³-hybridized carbons (Fsp3) is 0.485. The monoisotopic (exact) mass is 1550 g/mol. The van der Waals surface area contributed by atoms with Crippen molar-refractivity contribution < 1.29 is 130 Å². The number of aliphatic hydroxyl groups excluding tert-OH is 2. The van der Waals surface area contributed by atoms with Crippen LogP contribution in [0.4, 0.5) is 17.6 Å². The second-order valence-electron chi connectivity index (χ2n) is 21.7. The number of benzene rings is 4. The van der Waals surface area contributed by atoms with Crippen LogP contribution in [0.1, 0.15) is 25.0 Å². The van der Waals surface area contributed by atoms with Crippen LogP contribution in [0, 0.1) is 23.3 Å². The Labute approximate surface area is 610 Å². The number of nitrogens with one attached hydrogen (secondary N) is 4.